The number of imidazole rings is 1. The van der Waals surface area contributed by atoms with Crippen LogP contribution in [0, 0.1) is 0 Å². The van der Waals surface area contributed by atoms with Crippen molar-refractivity contribution in [2.45, 2.75) is 59.3 Å². The van der Waals surface area contributed by atoms with Crippen LogP contribution in [0.3, 0.4) is 0 Å². The van der Waals surface area contributed by atoms with Gasteiger partial charge in [-0.25, -0.2) is 15.0 Å². The van der Waals surface area contributed by atoms with E-state index in [1.807, 2.05) is 42.5 Å². The first-order valence-corrected chi connectivity index (χ1v) is 15.4. The molecule has 5 nitrogen and oxygen atoms in total. The third-order valence-electron chi connectivity index (χ3n) is 6.73. The van der Waals surface area contributed by atoms with E-state index in [0.29, 0.717) is 17.8 Å². The Morgan fingerprint density at radius 3 is 1.83 bits per heavy atom. The molecule has 6 heteroatoms. The fourth-order valence-electron chi connectivity index (χ4n) is 4.55. The van der Waals surface area contributed by atoms with E-state index in [4.69, 9.17) is 9.40 Å². The first-order chi connectivity index (χ1) is 20.3. The Bertz CT molecular complexity index is 1730. The number of thiazole rings is 1. The molecule has 0 spiro atoms. The minimum Gasteiger partial charge on any atom is -0.440 e. The Hall–Kier alpha value is -4.29. The van der Waals surface area contributed by atoms with E-state index in [0.717, 1.165) is 33.8 Å². The van der Waals surface area contributed by atoms with Crippen molar-refractivity contribution in [3.8, 4) is 5.69 Å². The Morgan fingerprint density at radius 1 is 0.571 bits per heavy atom. The van der Waals surface area contributed by atoms with E-state index in [9.17, 15) is 0 Å². The molecule has 0 aliphatic carbocycles. The highest BCUT2D eigenvalue weighted by Crippen LogP contribution is 2.27. The minimum atomic E-state index is 0.359. The number of hydrogen-bond acceptors (Lipinski definition) is 5. The fraction of sp³-hybridized carbons (Fsp3) is 0.250. The van der Waals surface area contributed by atoms with Gasteiger partial charge in [-0.15, -0.1) is 11.3 Å². The molecule has 0 amide bonds. The zero-order valence-corrected chi connectivity index (χ0v) is 26.0. The summed E-state index contributed by atoms with van der Waals surface area (Å²) < 4.78 is 9.06. The van der Waals surface area contributed by atoms with Gasteiger partial charge in [0.05, 0.1) is 26.3 Å². The highest BCUT2D eigenvalue weighted by Gasteiger charge is 2.14. The molecule has 7 aromatic rings. The molecule has 0 atom stereocenters. The SMILES string of the molecule is CC(C)c1nc2ccccc2n1-c1ccccc1.CC(C)c1nc2ccccc2o1.CC(C)c1nc2ccccc2s1. The molecule has 3 aromatic heterocycles. The van der Waals surface area contributed by atoms with Crippen molar-refractivity contribution >= 4 is 43.7 Å². The molecule has 4 aromatic carbocycles. The zero-order valence-electron chi connectivity index (χ0n) is 25.2. The summed E-state index contributed by atoms with van der Waals surface area (Å²) in [5.41, 5.74) is 6.36. The monoisotopic (exact) mass is 574 g/mol. The standard InChI is InChI=1S/C16H16N2.C10H11NO.C10H11NS/c1-12(2)16-17-14-10-6-7-11-15(14)18(16)13-8-4-3-5-9-13;2*1-7(2)10-11-8-5-3-4-6-9(8)12-10/h3-12H,1-2H3;2*3-7H,1-2H3. The second-order valence-corrected chi connectivity index (χ2v) is 12.2. The third-order valence-corrected chi connectivity index (χ3v) is 8.06. The molecular weight excluding hydrogens is 536 g/mol. The van der Waals surface area contributed by atoms with Gasteiger partial charge >= 0.3 is 0 Å². The van der Waals surface area contributed by atoms with Gasteiger partial charge in [-0.05, 0) is 48.5 Å². The van der Waals surface area contributed by atoms with Crippen molar-refractivity contribution in [1.82, 2.24) is 19.5 Å². The predicted molar refractivity (Wildman–Crippen MR) is 177 cm³/mol. The van der Waals surface area contributed by atoms with E-state index in [1.165, 1.54) is 20.9 Å². The molecule has 0 saturated carbocycles. The molecule has 0 bridgehead atoms. The van der Waals surface area contributed by atoms with Crippen molar-refractivity contribution in [1.29, 1.82) is 0 Å². The number of para-hydroxylation sites is 6. The molecule has 0 unspecified atom stereocenters. The van der Waals surface area contributed by atoms with Gasteiger partial charge in [0.15, 0.2) is 11.5 Å². The minimum absolute atomic E-state index is 0.359. The van der Waals surface area contributed by atoms with E-state index in [-0.39, 0.29) is 0 Å². The van der Waals surface area contributed by atoms with Crippen LogP contribution in [0.15, 0.2) is 108 Å². The molecule has 0 aliphatic rings. The maximum atomic E-state index is 5.52. The molecule has 0 radical (unpaired) electrons. The molecule has 7 rings (SSSR count). The Kier molecular flexibility index (Phi) is 9.13. The van der Waals surface area contributed by atoms with Crippen LogP contribution in [0.25, 0.3) is 38.0 Å². The molecule has 0 fully saturated rings. The van der Waals surface area contributed by atoms with Crippen molar-refractivity contribution < 1.29 is 4.42 Å². The van der Waals surface area contributed by atoms with Gasteiger partial charge < -0.3 is 4.42 Å². The molecular formula is C36H38N4OS. The van der Waals surface area contributed by atoms with E-state index in [2.05, 4.69) is 117 Å². The lowest BCUT2D eigenvalue weighted by atomic mass is 10.2. The van der Waals surface area contributed by atoms with Crippen LogP contribution in [0.4, 0.5) is 0 Å². The Labute approximate surface area is 251 Å². The average Bonchev–Trinajstić information content (AvgIpc) is 3.73. The van der Waals surface area contributed by atoms with Crippen molar-refractivity contribution in [2.24, 2.45) is 0 Å². The number of benzene rings is 4. The van der Waals surface area contributed by atoms with Gasteiger partial charge in [0.1, 0.15) is 11.3 Å². The lowest BCUT2D eigenvalue weighted by Crippen LogP contribution is -2.02. The second-order valence-electron chi connectivity index (χ2n) is 11.1. The van der Waals surface area contributed by atoms with Gasteiger partial charge in [0.25, 0.3) is 0 Å². The van der Waals surface area contributed by atoms with Crippen LogP contribution in [-0.2, 0) is 0 Å². The fourth-order valence-corrected chi connectivity index (χ4v) is 5.52. The van der Waals surface area contributed by atoms with Crippen LogP contribution in [-0.4, -0.2) is 19.5 Å². The summed E-state index contributed by atoms with van der Waals surface area (Å²) in [4.78, 5) is 13.6. The zero-order chi connectivity index (χ0) is 29.6. The summed E-state index contributed by atoms with van der Waals surface area (Å²) in [7, 11) is 0. The summed E-state index contributed by atoms with van der Waals surface area (Å²) in [6.07, 6.45) is 0. The second kappa shape index (κ2) is 13.1. The lowest BCUT2D eigenvalue weighted by molar-refractivity contribution is 0.501. The maximum Gasteiger partial charge on any atom is 0.198 e. The molecule has 0 aliphatic heterocycles. The van der Waals surface area contributed by atoms with Crippen molar-refractivity contribution in [3.05, 3.63) is 120 Å². The van der Waals surface area contributed by atoms with Gasteiger partial charge in [-0.3, -0.25) is 4.57 Å². The van der Waals surface area contributed by atoms with E-state index < -0.39 is 0 Å². The average molecular weight is 575 g/mol. The first kappa shape index (κ1) is 29.2. The van der Waals surface area contributed by atoms with E-state index in [1.54, 1.807) is 11.3 Å². The van der Waals surface area contributed by atoms with Crippen LogP contribution in [0.5, 0.6) is 0 Å². The van der Waals surface area contributed by atoms with Crippen LogP contribution >= 0.6 is 11.3 Å². The van der Waals surface area contributed by atoms with Gasteiger partial charge in [0, 0.05) is 23.4 Å². The number of nitrogens with zero attached hydrogens (tertiary/aromatic N) is 4. The summed E-state index contributed by atoms with van der Waals surface area (Å²) in [6, 6.07) is 34.8. The van der Waals surface area contributed by atoms with Gasteiger partial charge in [0.2, 0.25) is 0 Å². The molecule has 3 heterocycles. The summed E-state index contributed by atoms with van der Waals surface area (Å²) in [6.45, 7) is 12.9. The summed E-state index contributed by atoms with van der Waals surface area (Å²) >= 11 is 1.79. The number of aromatic nitrogens is 4. The van der Waals surface area contributed by atoms with Gasteiger partial charge in [-0.1, -0.05) is 96.1 Å². The van der Waals surface area contributed by atoms with Crippen LogP contribution in [0.1, 0.15) is 76.0 Å². The molecule has 42 heavy (non-hydrogen) atoms. The Balaban J connectivity index is 0.000000130. The largest absolute Gasteiger partial charge is 0.440 e. The van der Waals surface area contributed by atoms with Crippen LogP contribution in [0.2, 0.25) is 0 Å². The normalized spacial score (nSPS) is 11.3. The van der Waals surface area contributed by atoms with Crippen LogP contribution < -0.4 is 0 Å². The third kappa shape index (κ3) is 6.60. The highest BCUT2D eigenvalue weighted by molar-refractivity contribution is 7.18. The first-order valence-electron chi connectivity index (χ1n) is 14.6. The van der Waals surface area contributed by atoms with E-state index >= 15 is 0 Å². The molecule has 0 saturated heterocycles. The smallest absolute Gasteiger partial charge is 0.198 e. The number of fused-ring (bicyclic) bond motifs is 3. The predicted octanol–water partition coefficient (Wildman–Crippen LogP) is 10.5. The number of oxazole rings is 1. The number of hydrogen-bond donors (Lipinski definition) is 0. The number of rotatable bonds is 4. The summed E-state index contributed by atoms with van der Waals surface area (Å²) in [5.74, 6) is 3.23. The lowest BCUT2D eigenvalue weighted by Gasteiger charge is -2.11. The highest BCUT2D eigenvalue weighted by atomic mass is 32.1. The maximum absolute atomic E-state index is 5.52. The quantitative estimate of drug-likeness (QED) is 0.210. The Morgan fingerprint density at radius 2 is 1.19 bits per heavy atom. The van der Waals surface area contributed by atoms with Crippen molar-refractivity contribution in [3.63, 3.8) is 0 Å². The van der Waals surface area contributed by atoms with Gasteiger partial charge in [-0.2, -0.15) is 0 Å². The summed E-state index contributed by atoms with van der Waals surface area (Å²) in [5, 5.41) is 1.23. The topological polar surface area (TPSA) is 56.7 Å². The molecule has 214 valence electrons. The van der Waals surface area contributed by atoms with Crippen molar-refractivity contribution in [2.75, 3.05) is 0 Å². The molecule has 0 N–H and O–H groups in total.